The van der Waals surface area contributed by atoms with Crippen LogP contribution in [0.4, 0.5) is 13.2 Å². The molecule has 0 saturated heterocycles. The van der Waals surface area contributed by atoms with E-state index in [0.29, 0.717) is 16.2 Å². The maximum absolute atomic E-state index is 12.3. The molecule has 2 nitrogen and oxygen atoms in total. The van der Waals surface area contributed by atoms with Crippen molar-refractivity contribution >= 4 is 33.5 Å². The van der Waals surface area contributed by atoms with E-state index in [-0.39, 0.29) is 0 Å². The molecule has 0 fully saturated rings. The smallest absolute Gasteiger partial charge is 0.332 e. The van der Waals surface area contributed by atoms with Crippen molar-refractivity contribution in [1.29, 1.82) is 0 Å². The van der Waals surface area contributed by atoms with E-state index in [4.69, 9.17) is 0 Å². The average Bonchev–Trinajstić information content (AvgIpc) is 2.57. The number of halogens is 3. The molecule has 7 heteroatoms. The number of hydrogen-bond donors (Lipinski definition) is 2. The van der Waals surface area contributed by atoms with Gasteiger partial charge >= 0.3 is 6.18 Å². The monoisotopic (exact) mass is 250 g/mol. The van der Waals surface area contributed by atoms with Gasteiger partial charge < -0.3 is 4.98 Å². The molecule has 0 aliphatic carbocycles. The summed E-state index contributed by atoms with van der Waals surface area (Å²) >= 11 is 3.90. The molecule has 2 rings (SSSR count). The van der Waals surface area contributed by atoms with E-state index in [1.54, 1.807) is 0 Å². The van der Waals surface area contributed by atoms with Gasteiger partial charge in [-0.3, -0.25) is 0 Å². The number of rotatable bonds is 1. The molecule has 80 valence electrons. The van der Waals surface area contributed by atoms with Crippen molar-refractivity contribution in [3.8, 4) is 0 Å². The molecule has 0 radical (unpaired) electrons. The molecule has 1 aromatic carbocycles. The average molecular weight is 250 g/mol. The molecule has 0 unspecified atom stereocenters. The lowest BCUT2D eigenvalue weighted by Gasteiger charge is -2.04. The molecule has 1 heterocycles. The van der Waals surface area contributed by atoms with E-state index in [1.165, 1.54) is 6.07 Å². The van der Waals surface area contributed by atoms with Gasteiger partial charge in [0.2, 0.25) is 0 Å². The summed E-state index contributed by atoms with van der Waals surface area (Å²) in [5.74, 6) is 0. The van der Waals surface area contributed by atoms with Crippen LogP contribution >= 0.6 is 22.5 Å². The second kappa shape index (κ2) is 3.64. The van der Waals surface area contributed by atoms with E-state index in [0.717, 1.165) is 22.9 Å². The Morgan fingerprint density at radius 3 is 2.67 bits per heavy atom. The van der Waals surface area contributed by atoms with Gasteiger partial charge in [0.25, 0.3) is 0 Å². The number of hydrogen-bond acceptors (Lipinski definition) is 3. The van der Waals surface area contributed by atoms with Gasteiger partial charge in [-0.15, -0.1) is 11.7 Å². The fraction of sp³-hybridized carbons (Fsp3) is 0.125. The number of imidazole rings is 1. The van der Waals surface area contributed by atoms with Gasteiger partial charge in [-0.05, 0) is 29.0 Å². The Balaban J connectivity index is 2.55. The van der Waals surface area contributed by atoms with Gasteiger partial charge in [-0.2, -0.15) is 13.2 Å². The molecule has 0 aliphatic rings. The highest BCUT2D eigenvalue weighted by Crippen LogP contribution is 2.31. The second-order valence-electron chi connectivity index (χ2n) is 2.86. The van der Waals surface area contributed by atoms with Gasteiger partial charge in [-0.1, -0.05) is 0 Å². The number of aromatic nitrogens is 2. The molecule has 15 heavy (non-hydrogen) atoms. The molecular formula is C8H5F3N2S2. The molecule has 0 amide bonds. The number of aromatic amines is 1. The third-order valence-electron chi connectivity index (χ3n) is 1.87. The number of H-pyrrole nitrogens is 1. The summed E-state index contributed by atoms with van der Waals surface area (Å²) in [4.78, 5) is 6.75. The Hall–Kier alpha value is -0.820. The molecule has 1 N–H and O–H groups in total. The number of benzene rings is 1. The zero-order valence-corrected chi connectivity index (χ0v) is 8.88. The summed E-state index contributed by atoms with van der Waals surface area (Å²) in [6.07, 6.45) is -4.33. The number of nitrogens with zero attached hydrogens (tertiary/aromatic N) is 1. The fourth-order valence-corrected chi connectivity index (χ4v) is 1.76. The van der Waals surface area contributed by atoms with Crippen LogP contribution in [-0.4, -0.2) is 9.97 Å². The Morgan fingerprint density at radius 1 is 1.33 bits per heavy atom. The van der Waals surface area contributed by atoms with Crippen molar-refractivity contribution in [3.05, 3.63) is 23.8 Å². The van der Waals surface area contributed by atoms with Gasteiger partial charge in [0.05, 0.1) is 16.6 Å². The molecule has 0 spiro atoms. The fourth-order valence-electron chi connectivity index (χ4n) is 1.21. The van der Waals surface area contributed by atoms with Crippen LogP contribution in [0.25, 0.3) is 11.0 Å². The summed E-state index contributed by atoms with van der Waals surface area (Å²) in [6, 6.07) is 3.38. The van der Waals surface area contributed by atoms with Gasteiger partial charge in [0.1, 0.15) is 0 Å². The number of thiol groups is 1. The minimum atomic E-state index is -4.33. The number of nitrogens with one attached hydrogen (secondary N) is 1. The van der Waals surface area contributed by atoms with Crippen LogP contribution in [0.15, 0.2) is 23.4 Å². The lowest BCUT2D eigenvalue weighted by Crippen LogP contribution is -2.04. The van der Waals surface area contributed by atoms with Crippen LogP contribution in [-0.2, 0) is 6.18 Å². The molecule has 2 aromatic rings. The summed E-state index contributed by atoms with van der Waals surface area (Å²) in [5.41, 5.74) is 0.176. The molecular weight excluding hydrogens is 245 g/mol. The van der Waals surface area contributed by atoms with E-state index < -0.39 is 11.7 Å². The van der Waals surface area contributed by atoms with Crippen LogP contribution in [0.3, 0.4) is 0 Å². The van der Waals surface area contributed by atoms with Crippen molar-refractivity contribution in [2.24, 2.45) is 0 Å². The largest absolute Gasteiger partial charge is 0.416 e. The minimum absolute atomic E-state index is 0.362. The molecule has 1 aromatic heterocycles. The first kappa shape index (κ1) is 10.7. The Morgan fingerprint density at radius 2 is 2.07 bits per heavy atom. The summed E-state index contributed by atoms with van der Waals surface area (Å²) in [5, 5.41) is 0.479. The van der Waals surface area contributed by atoms with Gasteiger partial charge in [0, 0.05) is 0 Å². The van der Waals surface area contributed by atoms with Crippen molar-refractivity contribution < 1.29 is 13.2 Å². The normalized spacial score (nSPS) is 12.3. The molecule has 0 atom stereocenters. The minimum Gasteiger partial charge on any atom is -0.332 e. The van der Waals surface area contributed by atoms with Crippen LogP contribution in [0.1, 0.15) is 5.56 Å². The van der Waals surface area contributed by atoms with Gasteiger partial charge in [0.15, 0.2) is 5.16 Å². The third kappa shape index (κ3) is 2.07. The summed E-state index contributed by atoms with van der Waals surface area (Å²) in [7, 11) is 1.05. The van der Waals surface area contributed by atoms with E-state index >= 15 is 0 Å². The number of alkyl halides is 3. The van der Waals surface area contributed by atoms with Crippen LogP contribution in [0.2, 0.25) is 0 Å². The highest BCUT2D eigenvalue weighted by atomic mass is 33.1. The van der Waals surface area contributed by atoms with E-state index in [9.17, 15) is 13.2 Å². The lowest BCUT2D eigenvalue weighted by atomic mass is 10.2. The SMILES string of the molecule is FC(F)(F)c1ccc2nc(SS)[nH]c2c1. The van der Waals surface area contributed by atoms with Crippen LogP contribution in [0.5, 0.6) is 0 Å². The zero-order chi connectivity index (χ0) is 11.1. The standard InChI is InChI=1S/C8H5F3N2S2/c9-8(10,11)4-1-2-5-6(3-4)13-7(12-5)15-14/h1-3,14H,(H,12,13). The van der Waals surface area contributed by atoms with E-state index in [2.05, 4.69) is 21.6 Å². The van der Waals surface area contributed by atoms with Gasteiger partial charge in [-0.25, -0.2) is 4.98 Å². The molecule has 0 saturated carbocycles. The maximum atomic E-state index is 12.3. The molecule has 0 bridgehead atoms. The first-order valence-corrected chi connectivity index (χ1v) is 5.76. The predicted molar refractivity (Wildman–Crippen MR) is 55.9 cm³/mol. The van der Waals surface area contributed by atoms with E-state index in [1.807, 2.05) is 0 Å². The number of fused-ring (bicyclic) bond motifs is 1. The quantitative estimate of drug-likeness (QED) is 0.599. The second-order valence-corrected chi connectivity index (χ2v) is 3.98. The van der Waals surface area contributed by atoms with Crippen LogP contribution in [0, 0.1) is 0 Å². The van der Waals surface area contributed by atoms with Crippen molar-refractivity contribution in [2.75, 3.05) is 0 Å². The Labute approximate surface area is 92.1 Å². The molecule has 0 aliphatic heterocycles. The summed E-state index contributed by atoms with van der Waals surface area (Å²) in [6.45, 7) is 0. The Kier molecular flexibility index (Phi) is 2.59. The predicted octanol–water partition coefficient (Wildman–Crippen LogP) is 3.52. The first-order chi connectivity index (χ1) is 7.00. The lowest BCUT2D eigenvalue weighted by molar-refractivity contribution is -0.137. The first-order valence-electron chi connectivity index (χ1n) is 3.89. The van der Waals surface area contributed by atoms with Crippen LogP contribution < -0.4 is 0 Å². The third-order valence-corrected chi connectivity index (χ3v) is 2.76. The maximum Gasteiger partial charge on any atom is 0.416 e. The highest BCUT2D eigenvalue weighted by molar-refractivity contribution is 8.68. The van der Waals surface area contributed by atoms with Crippen molar-refractivity contribution in [1.82, 2.24) is 9.97 Å². The zero-order valence-electron chi connectivity index (χ0n) is 7.17. The van der Waals surface area contributed by atoms with Crippen molar-refractivity contribution in [2.45, 2.75) is 11.3 Å². The topological polar surface area (TPSA) is 28.7 Å². The Bertz CT molecular complexity index is 492. The van der Waals surface area contributed by atoms with Crippen molar-refractivity contribution in [3.63, 3.8) is 0 Å². The summed E-state index contributed by atoms with van der Waals surface area (Å²) < 4.78 is 37.0. The highest BCUT2D eigenvalue weighted by Gasteiger charge is 2.30.